The third kappa shape index (κ3) is 4.65. The van der Waals surface area contributed by atoms with E-state index in [1.54, 1.807) is 14.2 Å². The van der Waals surface area contributed by atoms with Crippen LogP contribution in [0.5, 0.6) is 11.5 Å². The number of piperazine rings is 1. The molecule has 0 atom stereocenters. The number of nitrogen functional groups attached to an aromatic ring is 1. The Balaban J connectivity index is 1.48. The van der Waals surface area contributed by atoms with Crippen molar-refractivity contribution < 1.29 is 9.47 Å². The van der Waals surface area contributed by atoms with E-state index in [0.29, 0.717) is 5.69 Å². The quantitative estimate of drug-likeness (QED) is 0.819. The highest BCUT2D eigenvalue weighted by molar-refractivity contribution is 5.54. The molecule has 1 saturated heterocycles. The Morgan fingerprint density at radius 2 is 1.36 bits per heavy atom. The molecule has 1 aliphatic heterocycles. The maximum Gasteiger partial charge on any atom is 0.141 e. The van der Waals surface area contributed by atoms with Gasteiger partial charge in [-0.05, 0) is 35.4 Å². The zero-order valence-corrected chi connectivity index (χ0v) is 15.1. The number of ether oxygens (including phenoxy) is 2. The van der Waals surface area contributed by atoms with E-state index in [2.05, 4.69) is 28.0 Å². The Hall–Kier alpha value is -2.24. The number of methoxy groups -OCH3 is 2. The van der Waals surface area contributed by atoms with Crippen molar-refractivity contribution in [1.29, 1.82) is 0 Å². The van der Waals surface area contributed by atoms with E-state index in [1.165, 1.54) is 11.1 Å². The molecule has 0 amide bonds. The van der Waals surface area contributed by atoms with Crippen LogP contribution in [-0.4, -0.2) is 50.2 Å². The Kier molecular flexibility index (Phi) is 5.79. The fourth-order valence-corrected chi connectivity index (χ4v) is 3.24. The minimum atomic E-state index is 0.707. The van der Waals surface area contributed by atoms with Crippen LogP contribution in [0.1, 0.15) is 11.1 Å². The molecule has 25 heavy (non-hydrogen) atoms. The van der Waals surface area contributed by atoms with Gasteiger partial charge in [0.15, 0.2) is 0 Å². The zero-order chi connectivity index (χ0) is 17.6. The lowest BCUT2D eigenvalue weighted by Gasteiger charge is -2.34. The monoisotopic (exact) mass is 341 g/mol. The second-order valence-corrected chi connectivity index (χ2v) is 6.48. The molecule has 0 saturated carbocycles. The predicted molar refractivity (Wildman–Crippen MR) is 101 cm³/mol. The number of anilines is 1. The summed E-state index contributed by atoms with van der Waals surface area (Å²) in [5.74, 6) is 1.65. The molecule has 1 aliphatic rings. The number of hydrogen-bond donors (Lipinski definition) is 1. The predicted octanol–water partition coefficient (Wildman–Crippen LogP) is 2.60. The highest BCUT2D eigenvalue weighted by Gasteiger charge is 2.17. The molecule has 0 aromatic heterocycles. The van der Waals surface area contributed by atoms with Gasteiger partial charge in [0, 0.05) is 39.3 Å². The second-order valence-electron chi connectivity index (χ2n) is 6.48. The highest BCUT2D eigenvalue weighted by atomic mass is 16.5. The van der Waals surface area contributed by atoms with E-state index in [-0.39, 0.29) is 0 Å². The van der Waals surface area contributed by atoms with Crippen molar-refractivity contribution in [2.45, 2.75) is 13.1 Å². The molecule has 2 aromatic carbocycles. The molecule has 5 heteroatoms. The Morgan fingerprint density at radius 3 is 1.88 bits per heavy atom. The molecule has 5 nitrogen and oxygen atoms in total. The summed E-state index contributed by atoms with van der Waals surface area (Å²) in [5.41, 5.74) is 9.28. The first-order chi connectivity index (χ1) is 12.2. The van der Waals surface area contributed by atoms with Gasteiger partial charge >= 0.3 is 0 Å². The number of nitrogens with two attached hydrogens (primary N) is 1. The lowest BCUT2D eigenvalue weighted by atomic mass is 10.1. The van der Waals surface area contributed by atoms with Crippen LogP contribution in [-0.2, 0) is 13.1 Å². The molecule has 2 N–H and O–H groups in total. The van der Waals surface area contributed by atoms with E-state index in [4.69, 9.17) is 15.2 Å². The van der Waals surface area contributed by atoms with Crippen LogP contribution in [0.3, 0.4) is 0 Å². The van der Waals surface area contributed by atoms with Crippen molar-refractivity contribution in [1.82, 2.24) is 9.80 Å². The van der Waals surface area contributed by atoms with E-state index in [0.717, 1.165) is 50.8 Å². The first-order valence-electron chi connectivity index (χ1n) is 8.68. The van der Waals surface area contributed by atoms with Crippen molar-refractivity contribution in [2.75, 3.05) is 46.1 Å². The molecule has 134 valence electrons. The second kappa shape index (κ2) is 8.23. The minimum Gasteiger partial charge on any atom is -0.497 e. The van der Waals surface area contributed by atoms with Crippen LogP contribution in [0.15, 0.2) is 42.5 Å². The van der Waals surface area contributed by atoms with Gasteiger partial charge in [0.05, 0.1) is 19.9 Å². The molecule has 0 aliphatic carbocycles. The van der Waals surface area contributed by atoms with Crippen molar-refractivity contribution in [2.24, 2.45) is 0 Å². The first kappa shape index (κ1) is 17.6. The molecule has 0 spiro atoms. The van der Waals surface area contributed by atoms with Crippen LogP contribution in [0.2, 0.25) is 0 Å². The third-order valence-corrected chi connectivity index (χ3v) is 4.73. The highest BCUT2D eigenvalue weighted by Crippen LogP contribution is 2.23. The summed E-state index contributed by atoms with van der Waals surface area (Å²) in [4.78, 5) is 4.98. The van der Waals surface area contributed by atoms with E-state index >= 15 is 0 Å². The minimum absolute atomic E-state index is 0.707. The third-order valence-electron chi connectivity index (χ3n) is 4.73. The lowest BCUT2D eigenvalue weighted by molar-refractivity contribution is 0.122. The van der Waals surface area contributed by atoms with Crippen LogP contribution in [0.4, 0.5) is 5.69 Å². The Bertz CT molecular complexity index is 680. The molecule has 1 heterocycles. The van der Waals surface area contributed by atoms with Crippen molar-refractivity contribution in [3.05, 3.63) is 53.6 Å². The summed E-state index contributed by atoms with van der Waals surface area (Å²) >= 11 is 0. The normalized spacial score (nSPS) is 15.9. The number of rotatable bonds is 6. The zero-order valence-electron chi connectivity index (χ0n) is 15.1. The van der Waals surface area contributed by atoms with Gasteiger partial charge in [-0.3, -0.25) is 9.80 Å². The maximum atomic E-state index is 6.00. The maximum absolute atomic E-state index is 6.00. The van der Waals surface area contributed by atoms with Crippen LogP contribution >= 0.6 is 0 Å². The van der Waals surface area contributed by atoms with Crippen LogP contribution in [0.25, 0.3) is 0 Å². The van der Waals surface area contributed by atoms with Crippen molar-refractivity contribution in [3.63, 3.8) is 0 Å². The first-order valence-corrected chi connectivity index (χ1v) is 8.68. The molecule has 3 rings (SSSR count). The van der Waals surface area contributed by atoms with Crippen LogP contribution in [0, 0.1) is 0 Å². The molecule has 1 fully saturated rings. The largest absolute Gasteiger partial charge is 0.497 e. The number of hydrogen-bond acceptors (Lipinski definition) is 5. The summed E-state index contributed by atoms with van der Waals surface area (Å²) in [6.45, 7) is 6.23. The summed E-state index contributed by atoms with van der Waals surface area (Å²) in [5, 5.41) is 0. The lowest BCUT2D eigenvalue weighted by Crippen LogP contribution is -2.45. The number of benzene rings is 2. The fourth-order valence-electron chi connectivity index (χ4n) is 3.24. The van der Waals surface area contributed by atoms with Gasteiger partial charge in [0.25, 0.3) is 0 Å². The van der Waals surface area contributed by atoms with Crippen LogP contribution < -0.4 is 15.2 Å². The average Bonchev–Trinajstić information content (AvgIpc) is 2.64. The van der Waals surface area contributed by atoms with Gasteiger partial charge in [0.1, 0.15) is 11.5 Å². The number of nitrogens with zero attached hydrogens (tertiary/aromatic N) is 2. The average molecular weight is 341 g/mol. The topological polar surface area (TPSA) is 51.0 Å². The van der Waals surface area contributed by atoms with Gasteiger partial charge in [-0.15, -0.1) is 0 Å². The summed E-state index contributed by atoms with van der Waals surface area (Å²) in [6.07, 6.45) is 0. The molecule has 0 unspecified atom stereocenters. The molecule has 0 bridgehead atoms. The van der Waals surface area contributed by atoms with E-state index in [9.17, 15) is 0 Å². The standard InChI is InChI=1S/C20H27N3O2/c1-24-18-6-3-16(4-7-18)14-22-9-11-23(12-10-22)15-17-5-8-20(25-2)19(21)13-17/h3-8,13H,9-12,14-15,21H2,1-2H3. The molecular formula is C20H27N3O2. The van der Waals surface area contributed by atoms with Crippen molar-refractivity contribution >= 4 is 5.69 Å². The Morgan fingerprint density at radius 1 is 0.800 bits per heavy atom. The van der Waals surface area contributed by atoms with Gasteiger partial charge in [-0.1, -0.05) is 18.2 Å². The SMILES string of the molecule is COc1ccc(CN2CCN(Cc3ccc(OC)c(N)c3)CC2)cc1. The summed E-state index contributed by atoms with van der Waals surface area (Å²) in [7, 11) is 3.35. The smallest absolute Gasteiger partial charge is 0.141 e. The van der Waals surface area contributed by atoms with E-state index < -0.39 is 0 Å². The van der Waals surface area contributed by atoms with Gasteiger partial charge < -0.3 is 15.2 Å². The molecule has 0 radical (unpaired) electrons. The van der Waals surface area contributed by atoms with Gasteiger partial charge in [0.2, 0.25) is 0 Å². The summed E-state index contributed by atoms with van der Waals surface area (Å²) in [6, 6.07) is 14.4. The van der Waals surface area contributed by atoms with E-state index in [1.807, 2.05) is 24.3 Å². The van der Waals surface area contributed by atoms with Gasteiger partial charge in [-0.2, -0.15) is 0 Å². The molecule has 2 aromatic rings. The Labute approximate surface area is 149 Å². The summed E-state index contributed by atoms with van der Waals surface area (Å²) < 4.78 is 10.4. The fraction of sp³-hybridized carbons (Fsp3) is 0.400. The van der Waals surface area contributed by atoms with Crippen molar-refractivity contribution in [3.8, 4) is 11.5 Å². The van der Waals surface area contributed by atoms with Gasteiger partial charge in [-0.25, -0.2) is 0 Å². The molecular weight excluding hydrogens is 314 g/mol.